The van der Waals surface area contributed by atoms with E-state index in [1.165, 1.54) is 37.7 Å². The molecule has 0 aromatic heterocycles. The topological polar surface area (TPSA) is 3.24 Å². The lowest BCUT2D eigenvalue weighted by molar-refractivity contribution is 0.0223. The van der Waals surface area contributed by atoms with Crippen LogP contribution in [0.15, 0.2) is 30.3 Å². The Bertz CT molecular complexity index is 403. The summed E-state index contributed by atoms with van der Waals surface area (Å²) in [6.07, 6.45) is 6.94. The van der Waals surface area contributed by atoms with Crippen molar-refractivity contribution in [1.82, 2.24) is 4.90 Å². The molecule has 19 heavy (non-hydrogen) atoms. The highest BCUT2D eigenvalue weighted by Crippen LogP contribution is 2.43. The summed E-state index contributed by atoms with van der Waals surface area (Å²) >= 11 is 0. The lowest BCUT2D eigenvalue weighted by Gasteiger charge is -2.47. The van der Waals surface area contributed by atoms with Crippen molar-refractivity contribution in [1.29, 1.82) is 0 Å². The molecule has 2 atom stereocenters. The number of nitrogens with zero attached hydrogens (tertiary/aromatic N) is 1. The third kappa shape index (κ3) is 2.72. The Kier molecular flexibility index (Phi) is 3.42. The predicted molar refractivity (Wildman–Crippen MR) is 81.3 cm³/mol. The number of benzene rings is 1. The Morgan fingerprint density at radius 1 is 1.00 bits per heavy atom. The SMILES string of the molecule is CC(C)(C)N1C2CCC1CC(Cc1ccccc1)C2. The van der Waals surface area contributed by atoms with Crippen LogP contribution in [0.3, 0.4) is 0 Å². The number of hydrogen-bond acceptors (Lipinski definition) is 1. The number of fused-ring (bicyclic) bond motifs is 2. The van der Waals surface area contributed by atoms with Crippen LogP contribution in [0.4, 0.5) is 0 Å². The normalized spacial score (nSPS) is 31.6. The van der Waals surface area contributed by atoms with Crippen LogP contribution in [0, 0.1) is 5.92 Å². The van der Waals surface area contributed by atoms with E-state index in [1.807, 2.05) is 0 Å². The molecule has 2 unspecified atom stereocenters. The zero-order valence-electron chi connectivity index (χ0n) is 12.6. The molecular weight excluding hydrogens is 230 g/mol. The van der Waals surface area contributed by atoms with E-state index in [1.54, 1.807) is 0 Å². The zero-order chi connectivity index (χ0) is 13.5. The average Bonchev–Trinajstić information content (AvgIpc) is 2.64. The first kappa shape index (κ1) is 13.2. The largest absolute Gasteiger partial charge is 0.293 e. The molecule has 1 aromatic carbocycles. The highest BCUT2D eigenvalue weighted by atomic mass is 15.3. The Morgan fingerprint density at radius 3 is 2.11 bits per heavy atom. The minimum absolute atomic E-state index is 0.351. The summed E-state index contributed by atoms with van der Waals surface area (Å²) in [6, 6.07) is 12.7. The number of piperidine rings is 1. The molecule has 2 aliphatic heterocycles. The van der Waals surface area contributed by atoms with Gasteiger partial charge in [0.1, 0.15) is 0 Å². The smallest absolute Gasteiger partial charge is 0.0130 e. The van der Waals surface area contributed by atoms with Crippen molar-refractivity contribution in [2.45, 2.75) is 70.5 Å². The van der Waals surface area contributed by atoms with E-state index in [2.05, 4.69) is 56.0 Å². The van der Waals surface area contributed by atoms with Crippen LogP contribution in [0.2, 0.25) is 0 Å². The van der Waals surface area contributed by atoms with Gasteiger partial charge in [-0.25, -0.2) is 0 Å². The second-order valence-corrected chi connectivity index (χ2v) is 7.49. The molecule has 0 saturated carbocycles. The van der Waals surface area contributed by atoms with Gasteiger partial charge in [-0.1, -0.05) is 30.3 Å². The van der Waals surface area contributed by atoms with Crippen molar-refractivity contribution in [3.63, 3.8) is 0 Å². The lowest BCUT2D eigenvalue weighted by Crippen LogP contribution is -2.53. The Morgan fingerprint density at radius 2 is 1.58 bits per heavy atom. The predicted octanol–water partition coefficient (Wildman–Crippen LogP) is 4.27. The first-order valence-electron chi connectivity index (χ1n) is 7.86. The highest BCUT2D eigenvalue weighted by molar-refractivity contribution is 5.16. The van der Waals surface area contributed by atoms with Gasteiger partial charge < -0.3 is 0 Å². The molecule has 2 aliphatic rings. The molecule has 2 fully saturated rings. The van der Waals surface area contributed by atoms with Crippen LogP contribution in [-0.4, -0.2) is 22.5 Å². The molecular formula is C18H27N. The molecule has 2 bridgehead atoms. The molecule has 2 heterocycles. The van der Waals surface area contributed by atoms with Crippen LogP contribution >= 0.6 is 0 Å². The highest BCUT2D eigenvalue weighted by Gasteiger charge is 2.44. The van der Waals surface area contributed by atoms with Gasteiger partial charge >= 0.3 is 0 Å². The van der Waals surface area contributed by atoms with Gasteiger partial charge in [-0.2, -0.15) is 0 Å². The van der Waals surface area contributed by atoms with Gasteiger partial charge in [0.25, 0.3) is 0 Å². The minimum Gasteiger partial charge on any atom is -0.293 e. The molecule has 0 radical (unpaired) electrons. The first-order chi connectivity index (χ1) is 9.04. The maximum atomic E-state index is 2.81. The molecule has 0 spiro atoms. The lowest BCUT2D eigenvalue weighted by atomic mass is 9.83. The van der Waals surface area contributed by atoms with E-state index in [4.69, 9.17) is 0 Å². The van der Waals surface area contributed by atoms with Crippen LogP contribution in [0.1, 0.15) is 52.0 Å². The van der Waals surface area contributed by atoms with E-state index >= 15 is 0 Å². The summed E-state index contributed by atoms with van der Waals surface area (Å²) in [7, 11) is 0. The summed E-state index contributed by atoms with van der Waals surface area (Å²) < 4.78 is 0. The second-order valence-electron chi connectivity index (χ2n) is 7.49. The van der Waals surface area contributed by atoms with Gasteiger partial charge in [0.2, 0.25) is 0 Å². The van der Waals surface area contributed by atoms with Gasteiger partial charge in [0, 0.05) is 17.6 Å². The van der Waals surface area contributed by atoms with Crippen molar-refractivity contribution in [2.75, 3.05) is 0 Å². The molecule has 3 rings (SSSR count). The number of rotatable bonds is 2. The summed E-state index contributed by atoms with van der Waals surface area (Å²) in [5, 5.41) is 0. The van der Waals surface area contributed by atoms with Gasteiger partial charge in [0.05, 0.1) is 0 Å². The summed E-state index contributed by atoms with van der Waals surface area (Å²) in [5.74, 6) is 0.901. The van der Waals surface area contributed by atoms with E-state index in [0.717, 1.165) is 18.0 Å². The molecule has 1 nitrogen and oxygen atoms in total. The number of hydrogen-bond donors (Lipinski definition) is 0. The van der Waals surface area contributed by atoms with Gasteiger partial charge in [-0.05, 0) is 64.4 Å². The van der Waals surface area contributed by atoms with Crippen molar-refractivity contribution in [2.24, 2.45) is 5.92 Å². The molecule has 0 N–H and O–H groups in total. The van der Waals surface area contributed by atoms with E-state index in [-0.39, 0.29) is 0 Å². The maximum absolute atomic E-state index is 2.81. The van der Waals surface area contributed by atoms with Crippen LogP contribution in [0.25, 0.3) is 0 Å². The van der Waals surface area contributed by atoms with Crippen LogP contribution in [0.5, 0.6) is 0 Å². The average molecular weight is 257 g/mol. The fourth-order valence-electron chi connectivity index (χ4n) is 4.50. The second kappa shape index (κ2) is 4.94. The van der Waals surface area contributed by atoms with Crippen molar-refractivity contribution >= 4 is 0 Å². The fraction of sp³-hybridized carbons (Fsp3) is 0.667. The quantitative estimate of drug-likeness (QED) is 0.764. The van der Waals surface area contributed by atoms with Crippen molar-refractivity contribution in [3.05, 3.63) is 35.9 Å². The molecule has 1 aromatic rings. The molecule has 1 heteroatoms. The fourth-order valence-corrected chi connectivity index (χ4v) is 4.50. The zero-order valence-corrected chi connectivity index (χ0v) is 12.6. The summed E-state index contributed by atoms with van der Waals surface area (Å²) in [6.45, 7) is 7.15. The van der Waals surface area contributed by atoms with Crippen molar-refractivity contribution < 1.29 is 0 Å². The van der Waals surface area contributed by atoms with Gasteiger partial charge in [-0.3, -0.25) is 4.90 Å². The standard InChI is InChI=1S/C18H27N/c1-18(2,3)19-16-9-10-17(19)13-15(12-16)11-14-7-5-4-6-8-14/h4-8,15-17H,9-13H2,1-3H3. The van der Waals surface area contributed by atoms with E-state index < -0.39 is 0 Å². The first-order valence-corrected chi connectivity index (χ1v) is 7.86. The third-order valence-corrected chi connectivity index (χ3v) is 4.97. The van der Waals surface area contributed by atoms with Gasteiger partial charge in [0.15, 0.2) is 0 Å². The van der Waals surface area contributed by atoms with E-state index in [0.29, 0.717) is 5.54 Å². The van der Waals surface area contributed by atoms with Crippen molar-refractivity contribution in [3.8, 4) is 0 Å². The monoisotopic (exact) mass is 257 g/mol. The summed E-state index contributed by atoms with van der Waals surface area (Å²) in [5.41, 5.74) is 1.87. The maximum Gasteiger partial charge on any atom is 0.0130 e. The molecule has 0 amide bonds. The Balaban J connectivity index is 1.68. The van der Waals surface area contributed by atoms with Crippen LogP contribution < -0.4 is 0 Å². The molecule has 104 valence electrons. The third-order valence-electron chi connectivity index (χ3n) is 4.97. The molecule has 0 aliphatic carbocycles. The van der Waals surface area contributed by atoms with E-state index in [9.17, 15) is 0 Å². The Labute approximate surface area is 118 Å². The minimum atomic E-state index is 0.351. The van der Waals surface area contributed by atoms with Gasteiger partial charge in [-0.15, -0.1) is 0 Å². The summed E-state index contributed by atoms with van der Waals surface area (Å²) in [4.78, 5) is 2.81. The molecule has 2 saturated heterocycles. The van der Waals surface area contributed by atoms with Crippen LogP contribution in [-0.2, 0) is 6.42 Å². The Hall–Kier alpha value is -0.820.